The van der Waals surface area contributed by atoms with Crippen molar-refractivity contribution in [2.75, 3.05) is 6.61 Å². The second-order valence-corrected chi connectivity index (χ2v) is 5.84. The number of rotatable bonds is 10. The highest BCUT2D eigenvalue weighted by Crippen LogP contribution is 2.25. The molecule has 1 atom stereocenters. The van der Waals surface area contributed by atoms with Crippen LogP contribution in [0.1, 0.15) is 53.9 Å². The van der Waals surface area contributed by atoms with Gasteiger partial charge in [-0.25, -0.2) is 14.4 Å². The molecule has 0 heterocycles. The van der Waals surface area contributed by atoms with E-state index in [2.05, 4.69) is 0 Å². The number of ether oxygens (including phenoxy) is 1. The Labute approximate surface area is 148 Å². The molecule has 0 aromatic rings. The number of carbonyl (C=O) groups is 3. The first kappa shape index (κ1) is 22.6. The topological polar surface area (TPSA) is 101 Å². The van der Waals surface area contributed by atoms with Gasteiger partial charge in [0.2, 0.25) is 0 Å². The van der Waals surface area contributed by atoms with E-state index in [1.807, 2.05) is 6.92 Å². The fraction of sp³-hybridized carbons (Fsp3) is 0.526. The average molecular weight is 352 g/mol. The minimum atomic E-state index is -1.07. The molecule has 140 valence electrons. The Morgan fingerprint density at radius 3 is 2.04 bits per heavy atom. The maximum atomic E-state index is 12.5. The summed E-state index contributed by atoms with van der Waals surface area (Å²) >= 11 is 0. The standard InChI is InChI=1S/C19H28O6/c1-6-8-9-15(11-14(5)18(22)23)16(19(24)25-7-2)12(3)10-13(4)17(20)21/h10-12H,6-9H2,1-5H3,(H,20,21)(H,22,23). The molecule has 0 aliphatic carbocycles. The van der Waals surface area contributed by atoms with Crippen LogP contribution in [0.3, 0.4) is 0 Å². The first-order valence-corrected chi connectivity index (χ1v) is 8.39. The monoisotopic (exact) mass is 352 g/mol. The van der Waals surface area contributed by atoms with Crippen LogP contribution in [0.5, 0.6) is 0 Å². The second kappa shape index (κ2) is 11.2. The average Bonchev–Trinajstić information content (AvgIpc) is 2.52. The van der Waals surface area contributed by atoms with Gasteiger partial charge in [-0.15, -0.1) is 0 Å². The number of carbonyl (C=O) groups excluding carboxylic acids is 1. The molecule has 0 aliphatic rings. The van der Waals surface area contributed by atoms with E-state index in [9.17, 15) is 14.4 Å². The van der Waals surface area contributed by atoms with Crippen molar-refractivity contribution in [1.82, 2.24) is 0 Å². The largest absolute Gasteiger partial charge is 0.478 e. The predicted octanol–water partition coefficient (Wildman–Crippen LogP) is 3.73. The van der Waals surface area contributed by atoms with Gasteiger partial charge in [0.1, 0.15) is 0 Å². The van der Waals surface area contributed by atoms with Crippen LogP contribution in [0, 0.1) is 5.92 Å². The molecule has 6 heteroatoms. The van der Waals surface area contributed by atoms with Crippen LogP contribution in [0.25, 0.3) is 0 Å². The molecule has 0 aromatic carbocycles. The van der Waals surface area contributed by atoms with Crippen molar-refractivity contribution >= 4 is 17.9 Å². The van der Waals surface area contributed by atoms with Gasteiger partial charge in [-0.05, 0) is 45.3 Å². The van der Waals surface area contributed by atoms with Crippen LogP contribution in [-0.2, 0) is 19.1 Å². The van der Waals surface area contributed by atoms with E-state index in [0.29, 0.717) is 17.6 Å². The van der Waals surface area contributed by atoms with Crippen molar-refractivity contribution in [3.63, 3.8) is 0 Å². The Balaban J connectivity index is 6.28. The molecule has 25 heavy (non-hydrogen) atoms. The van der Waals surface area contributed by atoms with Gasteiger partial charge in [0.25, 0.3) is 0 Å². The van der Waals surface area contributed by atoms with Gasteiger partial charge in [-0.3, -0.25) is 0 Å². The number of esters is 1. The summed E-state index contributed by atoms with van der Waals surface area (Å²) < 4.78 is 5.12. The van der Waals surface area contributed by atoms with Crippen molar-refractivity contribution < 1.29 is 29.3 Å². The molecule has 0 bridgehead atoms. The van der Waals surface area contributed by atoms with Crippen molar-refractivity contribution in [3.8, 4) is 0 Å². The summed E-state index contributed by atoms with van der Waals surface area (Å²) in [6.45, 7) is 8.47. The number of allylic oxidation sites excluding steroid dienone is 3. The minimum Gasteiger partial charge on any atom is -0.478 e. The summed E-state index contributed by atoms with van der Waals surface area (Å²) in [6.07, 6.45) is 5.11. The highest BCUT2D eigenvalue weighted by atomic mass is 16.5. The van der Waals surface area contributed by atoms with Gasteiger partial charge in [0.15, 0.2) is 0 Å². The van der Waals surface area contributed by atoms with Crippen LogP contribution in [0.4, 0.5) is 0 Å². The molecular formula is C19H28O6. The first-order chi connectivity index (χ1) is 11.6. The Morgan fingerprint density at radius 2 is 1.60 bits per heavy atom. The lowest BCUT2D eigenvalue weighted by atomic mass is 9.90. The fourth-order valence-corrected chi connectivity index (χ4v) is 2.32. The van der Waals surface area contributed by atoms with E-state index in [0.717, 1.165) is 12.8 Å². The van der Waals surface area contributed by atoms with E-state index in [1.54, 1.807) is 13.8 Å². The second-order valence-electron chi connectivity index (χ2n) is 5.84. The number of carboxylic acid groups (broad SMARTS) is 2. The molecule has 1 unspecified atom stereocenters. The summed E-state index contributed by atoms with van der Waals surface area (Å²) in [7, 11) is 0. The smallest absolute Gasteiger partial charge is 0.334 e. The third-order valence-corrected chi connectivity index (χ3v) is 3.66. The van der Waals surface area contributed by atoms with Crippen LogP contribution >= 0.6 is 0 Å². The summed E-state index contributed by atoms with van der Waals surface area (Å²) in [4.78, 5) is 34.7. The normalized spacial score (nSPS) is 14.6. The van der Waals surface area contributed by atoms with Gasteiger partial charge in [0, 0.05) is 22.6 Å². The molecule has 2 N–H and O–H groups in total. The third kappa shape index (κ3) is 7.83. The van der Waals surface area contributed by atoms with Crippen LogP contribution < -0.4 is 0 Å². The maximum absolute atomic E-state index is 12.5. The summed E-state index contributed by atoms with van der Waals surface area (Å²) in [5.74, 6) is -3.20. The lowest BCUT2D eigenvalue weighted by Gasteiger charge is -2.17. The van der Waals surface area contributed by atoms with E-state index in [-0.39, 0.29) is 17.8 Å². The van der Waals surface area contributed by atoms with Crippen LogP contribution in [0.15, 0.2) is 34.4 Å². The quantitative estimate of drug-likeness (QED) is 0.353. The number of hydrogen-bond donors (Lipinski definition) is 2. The Kier molecular flexibility index (Phi) is 10.2. The lowest BCUT2D eigenvalue weighted by molar-refractivity contribution is -0.139. The lowest BCUT2D eigenvalue weighted by Crippen LogP contribution is -2.16. The molecule has 0 aromatic heterocycles. The molecule has 0 saturated carbocycles. The van der Waals surface area contributed by atoms with Crippen molar-refractivity contribution in [2.24, 2.45) is 5.92 Å². The number of aliphatic carboxylic acids is 2. The zero-order valence-electron chi connectivity index (χ0n) is 15.6. The molecule has 0 amide bonds. The summed E-state index contributed by atoms with van der Waals surface area (Å²) in [5, 5.41) is 18.2. The molecule has 0 saturated heterocycles. The van der Waals surface area contributed by atoms with Crippen molar-refractivity contribution in [1.29, 1.82) is 0 Å². The van der Waals surface area contributed by atoms with Gasteiger partial charge in [-0.1, -0.05) is 26.3 Å². The molecule has 0 aliphatic heterocycles. The zero-order chi connectivity index (χ0) is 19.6. The number of unbranched alkanes of at least 4 members (excludes halogenated alkanes) is 1. The van der Waals surface area contributed by atoms with Crippen molar-refractivity contribution in [2.45, 2.75) is 53.9 Å². The Morgan fingerprint density at radius 1 is 1.04 bits per heavy atom. The fourth-order valence-electron chi connectivity index (χ4n) is 2.32. The molecule has 6 nitrogen and oxygen atoms in total. The maximum Gasteiger partial charge on any atom is 0.334 e. The van der Waals surface area contributed by atoms with E-state index < -0.39 is 23.8 Å². The van der Waals surface area contributed by atoms with Gasteiger partial charge < -0.3 is 14.9 Å². The van der Waals surface area contributed by atoms with E-state index in [4.69, 9.17) is 14.9 Å². The first-order valence-electron chi connectivity index (χ1n) is 8.39. The predicted molar refractivity (Wildman–Crippen MR) is 95.1 cm³/mol. The zero-order valence-corrected chi connectivity index (χ0v) is 15.6. The highest BCUT2D eigenvalue weighted by Gasteiger charge is 2.22. The summed E-state index contributed by atoms with van der Waals surface area (Å²) in [5.41, 5.74) is 1.10. The Bertz CT molecular complexity index is 595. The SMILES string of the molecule is CCCCC(C=C(C)C(=O)O)=C(C(=O)OCC)C(C)C=C(C)C(=O)O. The number of carboxylic acids is 2. The van der Waals surface area contributed by atoms with Gasteiger partial charge >= 0.3 is 17.9 Å². The Hall–Kier alpha value is -2.37. The van der Waals surface area contributed by atoms with Gasteiger partial charge in [0.05, 0.1) is 6.61 Å². The molecular weight excluding hydrogens is 324 g/mol. The number of hydrogen-bond acceptors (Lipinski definition) is 4. The third-order valence-electron chi connectivity index (χ3n) is 3.66. The molecule has 0 radical (unpaired) electrons. The van der Waals surface area contributed by atoms with Gasteiger partial charge in [-0.2, -0.15) is 0 Å². The minimum absolute atomic E-state index is 0.110. The summed E-state index contributed by atoms with van der Waals surface area (Å²) in [6, 6.07) is 0. The van der Waals surface area contributed by atoms with Crippen molar-refractivity contribution in [3.05, 3.63) is 34.4 Å². The highest BCUT2D eigenvalue weighted by molar-refractivity contribution is 5.93. The van der Waals surface area contributed by atoms with E-state index in [1.165, 1.54) is 26.0 Å². The molecule has 0 spiro atoms. The van der Waals surface area contributed by atoms with Crippen LogP contribution in [-0.4, -0.2) is 34.7 Å². The molecule has 0 fully saturated rings. The van der Waals surface area contributed by atoms with Crippen LogP contribution in [0.2, 0.25) is 0 Å². The molecule has 0 rings (SSSR count). The van der Waals surface area contributed by atoms with E-state index >= 15 is 0 Å².